The van der Waals surface area contributed by atoms with Gasteiger partial charge in [0.05, 0.1) is 11.1 Å². The number of carboxylic acids is 1. The highest BCUT2D eigenvalue weighted by molar-refractivity contribution is 5.91. The summed E-state index contributed by atoms with van der Waals surface area (Å²) < 4.78 is 0. The van der Waals surface area contributed by atoms with Crippen LogP contribution in [0.1, 0.15) is 16.1 Å². The summed E-state index contributed by atoms with van der Waals surface area (Å²) in [5.74, 6) is -0.437. The van der Waals surface area contributed by atoms with E-state index in [1.165, 1.54) is 12.3 Å². The smallest absolute Gasteiger partial charge is 0.337 e. The molecule has 2 N–H and O–H groups in total. The van der Waals surface area contributed by atoms with Gasteiger partial charge in [0.15, 0.2) is 11.5 Å². The summed E-state index contributed by atoms with van der Waals surface area (Å²) in [4.78, 5) is 26.6. The van der Waals surface area contributed by atoms with Crippen LogP contribution < -0.4 is 0 Å². The topological polar surface area (TPSA) is 91.8 Å². The lowest BCUT2D eigenvalue weighted by Gasteiger charge is -1.96. The van der Waals surface area contributed by atoms with Crippen LogP contribution in [-0.4, -0.2) is 31.0 Å². The minimum absolute atomic E-state index is 0.125. The highest BCUT2D eigenvalue weighted by Gasteiger charge is 2.10. The zero-order valence-electron chi connectivity index (χ0n) is 10.1. The predicted octanol–water partition coefficient (Wildman–Crippen LogP) is 2.03. The summed E-state index contributed by atoms with van der Waals surface area (Å²) in [6.45, 7) is 1.90. The molecule has 3 rings (SSSR count). The van der Waals surface area contributed by atoms with Crippen molar-refractivity contribution in [2.75, 3.05) is 0 Å². The lowest BCUT2D eigenvalue weighted by Crippen LogP contribution is -1.96. The number of fused-ring (bicyclic) bond motifs is 1. The second kappa shape index (κ2) is 4.16. The van der Waals surface area contributed by atoms with Crippen LogP contribution in [0.3, 0.4) is 0 Å². The number of hydrogen-bond acceptors (Lipinski definition) is 4. The molecular formula is C13H10N4O2. The Labute approximate surface area is 108 Å². The molecule has 0 aromatic carbocycles. The fourth-order valence-corrected chi connectivity index (χ4v) is 1.81. The van der Waals surface area contributed by atoms with Gasteiger partial charge in [0, 0.05) is 11.9 Å². The molecule has 0 bridgehead atoms. The van der Waals surface area contributed by atoms with Gasteiger partial charge in [-0.3, -0.25) is 0 Å². The molecule has 0 saturated heterocycles. The van der Waals surface area contributed by atoms with Gasteiger partial charge in [-0.25, -0.2) is 19.7 Å². The zero-order chi connectivity index (χ0) is 13.4. The number of nitrogens with zero attached hydrogens (tertiary/aromatic N) is 3. The van der Waals surface area contributed by atoms with Gasteiger partial charge in [0.1, 0.15) is 5.69 Å². The minimum Gasteiger partial charge on any atom is -0.478 e. The molecule has 0 saturated carbocycles. The van der Waals surface area contributed by atoms with Gasteiger partial charge >= 0.3 is 5.97 Å². The van der Waals surface area contributed by atoms with E-state index in [4.69, 9.17) is 5.11 Å². The summed E-state index contributed by atoms with van der Waals surface area (Å²) in [6, 6.07) is 7.13. The Morgan fingerprint density at radius 3 is 2.89 bits per heavy atom. The van der Waals surface area contributed by atoms with E-state index in [9.17, 15) is 4.79 Å². The Hall–Kier alpha value is -2.76. The Bertz CT molecular complexity index is 779. The van der Waals surface area contributed by atoms with E-state index in [1.807, 2.05) is 25.1 Å². The van der Waals surface area contributed by atoms with Gasteiger partial charge in [-0.2, -0.15) is 0 Å². The van der Waals surface area contributed by atoms with Crippen LogP contribution in [0.5, 0.6) is 0 Å². The van der Waals surface area contributed by atoms with Crippen LogP contribution in [-0.2, 0) is 0 Å². The van der Waals surface area contributed by atoms with Crippen LogP contribution in [0, 0.1) is 6.92 Å². The molecule has 3 heterocycles. The van der Waals surface area contributed by atoms with E-state index in [2.05, 4.69) is 19.9 Å². The number of aryl methyl sites for hydroxylation is 1. The second-order valence-electron chi connectivity index (χ2n) is 4.15. The molecule has 0 aliphatic carbocycles. The number of aromatic carboxylic acids is 1. The first-order chi connectivity index (χ1) is 9.13. The highest BCUT2D eigenvalue weighted by Crippen LogP contribution is 2.18. The average molecular weight is 254 g/mol. The summed E-state index contributed by atoms with van der Waals surface area (Å²) >= 11 is 0. The third-order valence-electron chi connectivity index (χ3n) is 2.72. The molecule has 0 unspecified atom stereocenters. The van der Waals surface area contributed by atoms with Gasteiger partial charge in [-0.15, -0.1) is 0 Å². The number of carboxylic acid groups (broad SMARTS) is 1. The van der Waals surface area contributed by atoms with Crippen LogP contribution in [0.4, 0.5) is 0 Å². The predicted molar refractivity (Wildman–Crippen MR) is 68.8 cm³/mol. The second-order valence-corrected chi connectivity index (χ2v) is 4.15. The Kier molecular flexibility index (Phi) is 2.49. The van der Waals surface area contributed by atoms with E-state index in [-0.39, 0.29) is 5.56 Å². The van der Waals surface area contributed by atoms with E-state index < -0.39 is 5.97 Å². The molecule has 0 amide bonds. The van der Waals surface area contributed by atoms with Gasteiger partial charge in [-0.1, -0.05) is 6.07 Å². The summed E-state index contributed by atoms with van der Waals surface area (Å²) in [5.41, 5.74) is 2.77. The van der Waals surface area contributed by atoms with Crippen molar-refractivity contribution in [1.82, 2.24) is 19.9 Å². The number of hydrogen-bond donors (Lipinski definition) is 2. The first kappa shape index (κ1) is 11.3. The van der Waals surface area contributed by atoms with Crippen molar-refractivity contribution in [2.24, 2.45) is 0 Å². The first-order valence-electron chi connectivity index (χ1n) is 5.66. The van der Waals surface area contributed by atoms with Crippen molar-refractivity contribution in [3.8, 4) is 11.5 Å². The van der Waals surface area contributed by atoms with Gasteiger partial charge < -0.3 is 10.1 Å². The summed E-state index contributed by atoms with van der Waals surface area (Å²) in [7, 11) is 0. The molecule has 0 aliphatic rings. The molecule has 6 nitrogen and oxygen atoms in total. The SMILES string of the molecule is Cc1cccc(-c2nc3ncc(C(=O)O)cc3[nH]2)n1. The molecule has 3 aromatic rings. The maximum atomic E-state index is 10.9. The molecule has 0 aliphatic heterocycles. The number of carbonyl (C=O) groups is 1. The number of aromatic amines is 1. The molecule has 6 heteroatoms. The number of H-pyrrole nitrogens is 1. The quantitative estimate of drug-likeness (QED) is 0.730. The Balaban J connectivity index is 2.14. The summed E-state index contributed by atoms with van der Waals surface area (Å²) in [6.07, 6.45) is 1.29. The fourth-order valence-electron chi connectivity index (χ4n) is 1.81. The highest BCUT2D eigenvalue weighted by atomic mass is 16.4. The third-order valence-corrected chi connectivity index (χ3v) is 2.72. The standard InChI is InChI=1S/C13H10N4O2/c1-7-3-2-4-9(15-7)12-16-10-5-8(13(18)19)6-14-11(10)17-12/h2-6H,1H3,(H,18,19)(H,14,16,17). The van der Waals surface area contributed by atoms with E-state index >= 15 is 0 Å². The summed E-state index contributed by atoms with van der Waals surface area (Å²) in [5, 5.41) is 8.92. The molecule has 0 atom stereocenters. The first-order valence-corrected chi connectivity index (χ1v) is 5.66. The molecule has 0 fully saturated rings. The van der Waals surface area contributed by atoms with Crippen LogP contribution in [0.15, 0.2) is 30.5 Å². The Morgan fingerprint density at radius 1 is 1.32 bits per heavy atom. The monoisotopic (exact) mass is 254 g/mol. The van der Waals surface area contributed by atoms with E-state index in [1.54, 1.807) is 0 Å². The maximum absolute atomic E-state index is 10.9. The van der Waals surface area contributed by atoms with Gasteiger partial charge in [0.2, 0.25) is 0 Å². The number of pyridine rings is 2. The van der Waals surface area contributed by atoms with Crippen LogP contribution >= 0.6 is 0 Å². The van der Waals surface area contributed by atoms with Gasteiger partial charge in [0.25, 0.3) is 0 Å². The van der Waals surface area contributed by atoms with E-state index in [0.717, 1.165) is 5.69 Å². The third kappa shape index (κ3) is 2.03. The Morgan fingerprint density at radius 2 is 2.16 bits per heavy atom. The molecular weight excluding hydrogens is 244 g/mol. The van der Waals surface area contributed by atoms with Crippen molar-refractivity contribution < 1.29 is 9.90 Å². The van der Waals surface area contributed by atoms with Crippen LogP contribution in [0.25, 0.3) is 22.7 Å². The largest absolute Gasteiger partial charge is 0.478 e. The number of rotatable bonds is 2. The van der Waals surface area contributed by atoms with Crippen molar-refractivity contribution in [3.05, 3.63) is 41.7 Å². The fraction of sp³-hybridized carbons (Fsp3) is 0.0769. The number of aromatic nitrogens is 4. The molecule has 94 valence electrons. The van der Waals surface area contributed by atoms with E-state index in [0.29, 0.717) is 22.7 Å². The minimum atomic E-state index is -1.01. The maximum Gasteiger partial charge on any atom is 0.337 e. The van der Waals surface area contributed by atoms with Crippen molar-refractivity contribution in [1.29, 1.82) is 0 Å². The molecule has 19 heavy (non-hydrogen) atoms. The number of nitrogens with one attached hydrogen (secondary N) is 1. The zero-order valence-corrected chi connectivity index (χ0v) is 10.1. The van der Waals surface area contributed by atoms with Gasteiger partial charge in [-0.05, 0) is 25.1 Å². The lowest BCUT2D eigenvalue weighted by molar-refractivity contribution is 0.0696. The van der Waals surface area contributed by atoms with Crippen molar-refractivity contribution >= 4 is 17.1 Å². The average Bonchev–Trinajstić information content (AvgIpc) is 2.81. The molecule has 0 spiro atoms. The normalized spacial score (nSPS) is 10.8. The van der Waals surface area contributed by atoms with Crippen LogP contribution in [0.2, 0.25) is 0 Å². The molecule has 0 radical (unpaired) electrons. The molecule has 3 aromatic heterocycles. The number of imidazole rings is 1. The van der Waals surface area contributed by atoms with Crippen molar-refractivity contribution in [3.63, 3.8) is 0 Å². The van der Waals surface area contributed by atoms with Crippen molar-refractivity contribution in [2.45, 2.75) is 6.92 Å². The lowest BCUT2D eigenvalue weighted by atomic mass is 10.3.